The van der Waals surface area contributed by atoms with Crippen molar-refractivity contribution in [2.24, 2.45) is 5.73 Å². The number of benzene rings is 1. The van der Waals surface area contributed by atoms with Crippen molar-refractivity contribution < 1.29 is 17.7 Å². The van der Waals surface area contributed by atoms with Gasteiger partial charge in [-0.05, 0) is 24.6 Å². The van der Waals surface area contributed by atoms with Crippen molar-refractivity contribution in [1.29, 1.82) is 0 Å². The lowest BCUT2D eigenvalue weighted by Gasteiger charge is -2.27. The van der Waals surface area contributed by atoms with E-state index in [2.05, 4.69) is 0 Å². The Morgan fingerprint density at radius 3 is 2.76 bits per heavy atom. The molecule has 0 amide bonds. The summed E-state index contributed by atoms with van der Waals surface area (Å²) in [5.74, 6) is -1.95. The van der Waals surface area contributed by atoms with Gasteiger partial charge < -0.3 is 10.5 Å². The summed E-state index contributed by atoms with van der Waals surface area (Å²) in [5.41, 5.74) is 5.84. The number of rotatable bonds is 2. The van der Waals surface area contributed by atoms with Crippen molar-refractivity contribution in [2.45, 2.75) is 22.6 Å². The smallest absolute Gasteiger partial charge is 0.160 e. The van der Waals surface area contributed by atoms with Gasteiger partial charge in [0.1, 0.15) is 0 Å². The Morgan fingerprint density at radius 1 is 1.35 bits per heavy atom. The van der Waals surface area contributed by atoms with Crippen LogP contribution in [0.4, 0.5) is 8.78 Å². The first-order chi connectivity index (χ1) is 8.09. The number of hydrogen-bond donors (Lipinski definition) is 1. The molecule has 1 aliphatic heterocycles. The van der Waals surface area contributed by atoms with Crippen molar-refractivity contribution in [3.8, 4) is 0 Å². The lowest BCUT2D eigenvalue weighted by atomic mass is 10.1. The van der Waals surface area contributed by atoms with Crippen LogP contribution in [0, 0.1) is 11.6 Å². The van der Waals surface area contributed by atoms with E-state index in [4.69, 9.17) is 10.5 Å². The highest BCUT2D eigenvalue weighted by molar-refractivity contribution is 7.85. The fraction of sp³-hybridized carbons (Fsp3) is 0.455. The van der Waals surface area contributed by atoms with E-state index < -0.39 is 22.4 Å². The molecule has 0 spiro atoms. The maximum Gasteiger partial charge on any atom is 0.160 e. The minimum atomic E-state index is -1.48. The van der Waals surface area contributed by atoms with E-state index >= 15 is 0 Å². The Balaban J connectivity index is 2.21. The van der Waals surface area contributed by atoms with Gasteiger partial charge in [-0.25, -0.2) is 8.78 Å². The lowest BCUT2D eigenvalue weighted by Crippen LogP contribution is -2.45. The zero-order valence-electron chi connectivity index (χ0n) is 9.07. The standard InChI is InChI=1S/C11H13F2NO2S/c12-8-2-1-7(5-9(8)13)17(15)11-6-16-4-3-10(11)14/h1-2,5,10-11H,3-4,6,14H2. The molecular formula is C11H13F2NO2S. The van der Waals surface area contributed by atoms with Crippen molar-refractivity contribution in [2.75, 3.05) is 13.2 Å². The largest absolute Gasteiger partial charge is 0.380 e. The van der Waals surface area contributed by atoms with Crippen LogP contribution >= 0.6 is 0 Å². The van der Waals surface area contributed by atoms with Crippen molar-refractivity contribution in [1.82, 2.24) is 0 Å². The number of halogens is 2. The summed E-state index contributed by atoms with van der Waals surface area (Å²) in [6, 6.07) is 3.00. The fourth-order valence-corrected chi connectivity index (χ4v) is 3.17. The Kier molecular flexibility index (Phi) is 3.86. The molecule has 0 saturated carbocycles. The molecule has 6 heteroatoms. The Bertz CT molecular complexity index is 441. The monoisotopic (exact) mass is 261 g/mol. The molecule has 1 aromatic rings. The highest BCUT2D eigenvalue weighted by Crippen LogP contribution is 2.20. The topological polar surface area (TPSA) is 52.3 Å². The van der Waals surface area contributed by atoms with E-state index in [1.165, 1.54) is 6.07 Å². The number of nitrogens with two attached hydrogens (primary N) is 1. The first-order valence-corrected chi connectivity index (χ1v) is 6.50. The van der Waals surface area contributed by atoms with Gasteiger partial charge in [0.05, 0.1) is 22.7 Å². The molecule has 3 nitrogen and oxygen atoms in total. The molecule has 3 unspecified atom stereocenters. The molecule has 1 saturated heterocycles. The van der Waals surface area contributed by atoms with Crippen LogP contribution < -0.4 is 5.73 Å². The Hall–Kier alpha value is -0.850. The van der Waals surface area contributed by atoms with Crippen LogP contribution in [0.1, 0.15) is 6.42 Å². The third-order valence-corrected chi connectivity index (χ3v) is 4.51. The highest BCUT2D eigenvalue weighted by Gasteiger charge is 2.29. The fourth-order valence-electron chi connectivity index (χ4n) is 1.73. The van der Waals surface area contributed by atoms with Gasteiger partial charge in [-0.1, -0.05) is 0 Å². The molecule has 0 aliphatic carbocycles. The van der Waals surface area contributed by atoms with E-state index in [-0.39, 0.29) is 22.8 Å². The molecule has 0 aromatic heterocycles. The lowest BCUT2D eigenvalue weighted by molar-refractivity contribution is 0.0904. The molecule has 1 aliphatic rings. The van der Waals surface area contributed by atoms with E-state index in [9.17, 15) is 13.0 Å². The van der Waals surface area contributed by atoms with Crippen LogP contribution in [0.2, 0.25) is 0 Å². The third-order valence-electron chi connectivity index (χ3n) is 2.75. The van der Waals surface area contributed by atoms with Gasteiger partial charge >= 0.3 is 0 Å². The Labute approximate surface area is 100 Å². The molecule has 1 aromatic carbocycles. The van der Waals surface area contributed by atoms with Crippen molar-refractivity contribution in [3.63, 3.8) is 0 Å². The van der Waals surface area contributed by atoms with Crippen LogP contribution in [0.3, 0.4) is 0 Å². The Morgan fingerprint density at radius 2 is 2.12 bits per heavy atom. The summed E-state index contributed by atoms with van der Waals surface area (Å²) in [7, 11) is -1.48. The van der Waals surface area contributed by atoms with E-state index in [1.54, 1.807) is 0 Å². The van der Waals surface area contributed by atoms with E-state index in [0.717, 1.165) is 12.1 Å². The highest BCUT2D eigenvalue weighted by atomic mass is 32.2. The first kappa shape index (κ1) is 12.6. The van der Waals surface area contributed by atoms with Gasteiger partial charge in [-0.15, -0.1) is 0 Å². The SMILES string of the molecule is NC1CCOCC1S(=O)c1ccc(F)c(F)c1. The number of hydrogen-bond acceptors (Lipinski definition) is 3. The quantitative estimate of drug-likeness (QED) is 0.870. The first-order valence-electron chi connectivity index (χ1n) is 5.28. The van der Waals surface area contributed by atoms with Crippen molar-refractivity contribution in [3.05, 3.63) is 29.8 Å². The minimum Gasteiger partial charge on any atom is -0.380 e. The molecule has 2 N–H and O–H groups in total. The molecule has 3 atom stereocenters. The van der Waals surface area contributed by atoms with Gasteiger partial charge in [0.15, 0.2) is 11.6 Å². The van der Waals surface area contributed by atoms with E-state index in [0.29, 0.717) is 13.0 Å². The third kappa shape index (κ3) is 2.70. The van der Waals surface area contributed by atoms with Crippen LogP contribution in [0.25, 0.3) is 0 Å². The summed E-state index contributed by atoms with van der Waals surface area (Å²) in [4.78, 5) is 0.245. The zero-order valence-corrected chi connectivity index (χ0v) is 9.88. The van der Waals surface area contributed by atoms with Gasteiger partial charge in [0, 0.05) is 17.5 Å². The summed E-state index contributed by atoms with van der Waals surface area (Å²) < 4.78 is 43.1. The maximum absolute atomic E-state index is 13.0. The van der Waals surface area contributed by atoms with Gasteiger partial charge in [-0.2, -0.15) is 0 Å². The second-order valence-electron chi connectivity index (χ2n) is 3.94. The molecule has 1 heterocycles. The van der Waals surface area contributed by atoms with Gasteiger partial charge in [0.25, 0.3) is 0 Å². The summed E-state index contributed by atoms with van der Waals surface area (Å²) in [5, 5.41) is -0.367. The van der Waals surface area contributed by atoms with E-state index in [1.807, 2.05) is 0 Å². The average molecular weight is 261 g/mol. The van der Waals surface area contributed by atoms with Crippen LogP contribution in [0.5, 0.6) is 0 Å². The van der Waals surface area contributed by atoms with Crippen molar-refractivity contribution >= 4 is 10.8 Å². The maximum atomic E-state index is 13.0. The zero-order chi connectivity index (χ0) is 12.4. The minimum absolute atomic E-state index is 0.238. The van der Waals surface area contributed by atoms with Gasteiger partial charge in [0.2, 0.25) is 0 Å². The molecule has 0 bridgehead atoms. The summed E-state index contributed by atoms with van der Waals surface area (Å²) in [6.07, 6.45) is 0.625. The molecular weight excluding hydrogens is 248 g/mol. The van der Waals surface area contributed by atoms with Gasteiger partial charge in [-0.3, -0.25) is 4.21 Å². The molecule has 17 heavy (non-hydrogen) atoms. The summed E-state index contributed by atoms with van der Waals surface area (Å²) >= 11 is 0. The second-order valence-corrected chi connectivity index (χ2v) is 5.61. The predicted octanol–water partition coefficient (Wildman–Crippen LogP) is 1.19. The molecule has 94 valence electrons. The van der Waals surface area contributed by atoms with Crippen LogP contribution in [-0.4, -0.2) is 28.7 Å². The average Bonchev–Trinajstić information content (AvgIpc) is 2.32. The van der Waals surface area contributed by atoms with Crippen LogP contribution in [-0.2, 0) is 15.5 Å². The molecule has 1 fully saturated rings. The second kappa shape index (κ2) is 5.20. The molecule has 0 radical (unpaired) electrons. The predicted molar refractivity (Wildman–Crippen MR) is 60.0 cm³/mol. The number of ether oxygens (including phenoxy) is 1. The van der Waals surface area contributed by atoms with Crippen LogP contribution in [0.15, 0.2) is 23.1 Å². The molecule has 2 rings (SSSR count). The normalized spacial score (nSPS) is 26.8. The summed E-state index contributed by atoms with van der Waals surface area (Å²) in [6.45, 7) is 0.833.